The molecule has 0 aromatic carbocycles. The van der Waals surface area contributed by atoms with Crippen LogP contribution in [0.2, 0.25) is 0 Å². The average molecular weight is 404 g/mol. The van der Waals surface area contributed by atoms with E-state index in [2.05, 4.69) is 8.75 Å². The number of carbonyl (C=O) groups excluding carboxylic acids is 1. The number of piperidine rings is 1. The molecule has 3 rings (SSSR count). The Morgan fingerprint density at radius 1 is 1.31 bits per heavy atom. The van der Waals surface area contributed by atoms with E-state index in [1.165, 1.54) is 0 Å². The van der Waals surface area contributed by atoms with Crippen molar-refractivity contribution in [3.8, 4) is 5.88 Å². The molecule has 3 atom stereocenters. The molecule has 8 nitrogen and oxygen atoms in total. The van der Waals surface area contributed by atoms with Crippen molar-refractivity contribution in [1.82, 2.24) is 13.6 Å². The number of likely N-dealkylation sites (tertiary alicyclic amines) is 1. The van der Waals surface area contributed by atoms with E-state index in [-0.39, 0.29) is 40.8 Å². The van der Waals surface area contributed by atoms with Gasteiger partial charge in [0.25, 0.3) is 5.88 Å². The molecule has 1 amide bonds. The Bertz CT molecular complexity index is 771. The van der Waals surface area contributed by atoms with E-state index in [1.807, 2.05) is 20.8 Å². The van der Waals surface area contributed by atoms with Crippen molar-refractivity contribution in [1.29, 1.82) is 0 Å². The minimum absolute atomic E-state index is 0.0102. The SMILES string of the molecule is CCCS(=O)(=O)c1nsnc1OC1C2CCC1N(C(=O)OC(C)(C)C)C2. The number of ether oxygens (including phenoxy) is 2. The maximum absolute atomic E-state index is 12.4. The summed E-state index contributed by atoms with van der Waals surface area (Å²) in [6.45, 7) is 7.85. The van der Waals surface area contributed by atoms with E-state index in [4.69, 9.17) is 9.47 Å². The van der Waals surface area contributed by atoms with Gasteiger partial charge in [0.15, 0.2) is 0 Å². The summed E-state index contributed by atoms with van der Waals surface area (Å²) < 4.78 is 44.1. The first-order chi connectivity index (χ1) is 12.1. The van der Waals surface area contributed by atoms with Crippen molar-refractivity contribution >= 4 is 27.7 Å². The van der Waals surface area contributed by atoms with Crippen molar-refractivity contribution in [2.75, 3.05) is 12.3 Å². The molecule has 2 aliphatic rings. The van der Waals surface area contributed by atoms with E-state index < -0.39 is 15.4 Å². The molecule has 1 saturated heterocycles. The van der Waals surface area contributed by atoms with Gasteiger partial charge in [0.1, 0.15) is 11.7 Å². The Morgan fingerprint density at radius 3 is 2.69 bits per heavy atom. The number of aromatic nitrogens is 2. The van der Waals surface area contributed by atoms with Gasteiger partial charge < -0.3 is 14.4 Å². The van der Waals surface area contributed by atoms with Gasteiger partial charge >= 0.3 is 6.09 Å². The molecule has 1 aliphatic carbocycles. The van der Waals surface area contributed by atoms with Crippen LogP contribution in [0.5, 0.6) is 5.88 Å². The lowest BCUT2D eigenvalue weighted by molar-refractivity contribution is 0.0159. The summed E-state index contributed by atoms with van der Waals surface area (Å²) in [5.74, 6) is 0.225. The summed E-state index contributed by atoms with van der Waals surface area (Å²) in [5, 5.41) is -0.0838. The molecule has 1 saturated carbocycles. The highest BCUT2D eigenvalue weighted by molar-refractivity contribution is 7.91. The van der Waals surface area contributed by atoms with Gasteiger partial charge in [-0.25, -0.2) is 13.2 Å². The Hall–Kier alpha value is -1.42. The lowest BCUT2D eigenvalue weighted by atomic mass is 10.1. The largest absolute Gasteiger partial charge is 0.469 e. The predicted molar refractivity (Wildman–Crippen MR) is 96.1 cm³/mol. The molecule has 146 valence electrons. The number of nitrogens with zero attached hydrogens (tertiary/aromatic N) is 3. The smallest absolute Gasteiger partial charge is 0.410 e. The fraction of sp³-hybridized carbons (Fsp3) is 0.812. The van der Waals surface area contributed by atoms with Gasteiger partial charge in [0, 0.05) is 12.5 Å². The molecule has 0 spiro atoms. The third-order valence-electron chi connectivity index (χ3n) is 4.58. The van der Waals surface area contributed by atoms with E-state index >= 15 is 0 Å². The zero-order valence-corrected chi connectivity index (χ0v) is 17.1. The first-order valence-electron chi connectivity index (χ1n) is 8.84. The fourth-order valence-corrected chi connectivity index (χ4v) is 5.68. The highest BCUT2D eigenvalue weighted by atomic mass is 32.2. The van der Waals surface area contributed by atoms with Crippen molar-refractivity contribution in [2.45, 2.75) is 69.7 Å². The van der Waals surface area contributed by atoms with Crippen LogP contribution in [0, 0.1) is 5.92 Å². The second kappa shape index (κ2) is 6.95. The maximum Gasteiger partial charge on any atom is 0.410 e. The summed E-state index contributed by atoms with van der Waals surface area (Å²) in [4.78, 5) is 14.1. The Kier molecular flexibility index (Phi) is 5.17. The molecule has 10 heteroatoms. The zero-order valence-electron chi connectivity index (χ0n) is 15.5. The molecule has 1 aromatic heterocycles. The number of sulfone groups is 1. The van der Waals surface area contributed by atoms with Crippen LogP contribution in [0.15, 0.2) is 5.03 Å². The number of rotatable bonds is 5. The van der Waals surface area contributed by atoms with Crippen molar-refractivity contribution in [3.05, 3.63) is 0 Å². The van der Waals surface area contributed by atoms with Crippen LogP contribution in [0.25, 0.3) is 0 Å². The third kappa shape index (κ3) is 3.80. The van der Waals surface area contributed by atoms with Crippen LogP contribution in [0.3, 0.4) is 0 Å². The lowest BCUT2D eigenvalue weighted by Crippen LogP contribution is -2.43. The molecule has 0 radical (unpaired) electrons. The number of hydrogen-bond donors (Lipinski definition) is 0. The molecule has 2 heterocycles. The predicted octanol–water partition coefficient (Wildman–Crippen LogP) is 2.50. The standard InChI is InChI=1S/C16H25N3O5S2/c1-5-8-26(21,22)14-13(17-25-18-14)23-12-10-6-7-11(12)19(9-10)15(20)24-16(2,3)4/h10-12H,5-9H2,1-4H3. The monoisotopic (exact) mass is 403 g/mol. The topological polar surface area (TPSA) is 98.7 Å². The maximum atomic E-state index is 12.4. The Labute approximate surface area is 158 Å². The number of fused-ring (bicyclic) bond motifs is 2. The summed E-state index contributed by atoms with van der Waals surface area (Å²) in [7, 11) is -3.50. The summed E-state index contributed by atoms with van der Waals surface area (Å²) >= 11 is 0.831. The summed E-state index contributed by atoms with van der Waals surface area (Å²) in [6, 6.07) is -0.127. The Balaban J connectivity index is 1.75. The van der Waals surface area contributed by atoms with Crippen LogP contribution in [0.1, 0.15) is 47.0 Å². The highest BCUT2D eigenvalue weighted by Gasteiger charge is 2.52. The van der Waals surface area contributed by atoms with Crippen LogP contribution in [-0.4, -0.2) is 58.2 Å². The first-order valence-corrected chi connectivity index (χ1v) is 11.2. The van der Waals surface area contributed by atoms with Gasteiger partial charge in [-0.1, -0.05) is 6.92 Å². The minimum atomic E-state index is -3.50. The lowest BCUT2D eigenvalue weighted by Gasteiger charge is -2.30. The average Bonchev–Trinajstić information content (AvgIpc) is 3.21. The van der Waals surface area contributed by atoms with Gasteiger partial charge in [0.05, 0.1) is 23.5 Å². The number of hydrogen-bond acceptors (Lipinski definition) is 8. The van der Waals surface area contributed by atoms with Crippen LogP contribution < -0.4 is 4.74 Å². The second-order valence-corrected chi connectivity index (χ2v) is 10.4. The van der Waals surface area contributed by atoms with Gasteiger partial charge in [-0.05, 0) is 40.0 Å². The van der Waals surface area contributed by atoms with Crippen LogP contribution in [-0.2, 0) is 14.6 Å². The zero-order chi connectivity index (χ0) is 19.1. The molecule has 0 N–H and O–H groups in total. The second-order valence-electron chi connectivity index (χ2n) is 7.81. The molecular formula is C16H25N3O5S2. The molecule has 2 fully saturated rings. The first kappa shape index (κ1) is 19.3. The van der Waals surface area contributed by atoms with Gasteiger partial charge in [-0.15, -0.1) is 4.37 Å². The van der Waals surface area contributed by atoms with Gasteiger partial charge in [-0.3, -0.25) is 0 Å². The molecular weight excluding hydrogens is 378 g/mol. The molecule has 1 aromatic rings. The van der Waals surface area contributed by atoms with Crippen LogP contribution >= 0.6 is 11.7 Å². The Morgan fingerprint density at radius 2 is 2.04 bits per heavy atom. The van der Waals surface area contributed by atoms with E-state index in [0.717, 1.165) is 24.6 Å². The number of carbonyl (C=O) groups is 1. The quantitative estimate of drug-likeness (QED) is 0.745. The highest BCUT2D eigenvalue weighted by Crippen LogP contribution is 2.41. The number of amides is 1. The van der Waals surface area contributed by atoms with Crippen LogP contribution in [0.4, 0.5) is 4.79 Å². The summed E-state index contributed by atoms with van der Waals surface area (Å²) in [5.41, 5.74) is -0.560. The van der Waals surface area contributed by atoms with E-state index in [0.29, 0.717) is 13.0 Å². The third-order valence-corrected chi connectivity index (χ3v) is 7.01. The molecule has 3 unspecified atom stereocenters. The minimum Gasteiger partial charge on any atom is -0.469 e. The van der Waals surface area contributed by atoms with Gasteiger partial charge in [0.2, 0.25) is 14.9 Å². The van der Waals surface area contributed by atoms with E-state index in [9.17, 15) is 13.2 Å². The van der Waals surface area contributed by atoms with Crippen molar-refractivity contribution in [3.63, 3.8) is 0 Å². The summed E-state index contributed by atoms with van der Waals surface area (Å²) in [6.07, 6.45) is 1.61. The molecule has 26 heavy (non-hydrogen) atoms. The molecule has 2 bridgehead atoms. The van der Waals surface area contributed by atoms with Gasteiger partial charge in [-0.2, -0.15) is 4.37 Å². The van der Waals surface area contributed by atoms with Crippen molar-refractivity contribution < 1.29 is 22.7 Å². The molecule has 1 aliphatic heterocycles. The van der Waals surface area contributed by atoms with Crippen molar-refractivity contribution in [2.24, 2.45) is 5.92 Å². The normalized spacial score (nSPS) is 25.5. The fourth-order valence-electron chi connectivity index (χ4n) is 3.58. The van der Waals surface area contributed by atoms with E-state index in [1.54, 1.807) is 11.8 Å².